The molecule has 0 spiro atoms. The number of para-hydroxylation sites is 1. The van der Waals surface area contributed by atoms with E-state index < -0.39 is 0 Å². The zero-order chi connectivity index (χ0) is 17.1. The maximum atomic E-state index is 12.6. The number of piperidine rings is 1. The fourth-order valence-electron chi connectivity index (χ4n) is 3.50. The summed E-state index contributed by atoms with van der Waals surface area (Å²) in [5.74, 6) is 0.847. The van der Waals surface area contributed by atoms with Gasteiger partial charge in [0.2, 0.25) is 11.8 Å². The molecule has 5 nitrogen and oxygen atoms in total. The second kappa shape index (κ2) is 7.24. The lowest BCUT2D eigenvalue weighted by Crippen LogP contribution is -2.54. The van der Waals surface area contributed by atoms with Gasteiger partial charge in [0.05, 0.1) is 6.54 Å². The average Bonchev–Trinajstić information content (AvgIpc) is 3.02. The third-order valence-electron chi connectivity index (χ3n) is 4.80. The molecule has 1 N–H and O–H groups in total. The minimum Gasteiger partial charge on any atom is -0.488 e. The quantitative estimate of drug-likeness (QED) is 0.920. The van der Waals surface area contributed by atoms with Crippen LogP contribution in [0.5, 0.6) is 5.75 Å². The number of carbonyl (C=O) groups is 2. The Kier molecular flexibility index (Phi) is 5.07. The van der Waals surface area contributed by atoms with Crippen LogP contribution >= 0.6 is 0 Å². The van der Waals surface area contributed by atoms with Crippen LogP contribution in [0.1, 0.15) is 38.7 Å². The fraction of sp³-hybridized carbons (Fsp3) is 0.579. The molecule has 1 fully saturated rings. The summed E-state index contributed by atoms with van der Waals surface area (Å²) in [6, 6.07) is 7.64. The van der Waals surface area contributed by atoms with E-state index in [2.05, 4.69) is 11.4 Å². The Balaban J connectivity index is 1.55. The molecule has 0 aliphatic carbocycles. The summed E-state index contributed by atoms with van der Waals surface area (Å²) in [6.45, 7) is 4.93. The van der Waals surface area contributed by atoms with Crippen molar-refractivity contribution in [1.82, 2.24) is 10.2 Å². The first-order valence-corrected chi connectivity index (χ1v) is 8.89. The minimum absolute atomic E-state index is 0.0239. The molecule has 0 bridgehead atoms. The van der Waals surface area contributed by atoms with Gasteiger partial charge in [-0.15, -0.1) is 0 Å². The van der Waals surface area contributed by atoms with Crippen LogP contribution in [0, 0.1) is 5.92 Å². The van der Waals surface area contributed by atoms with Crippen molar-refractivity contribution in [2.24, 2.45) is 5.92 Å². The van der Waals surface area contributed by atoms with Crippen molar-refractivity contribution in [2.45, 2.75) is 51.7 Å². The number of hydrogen-bond acceptors (Lipinski definition) is 3. The fourth-order valence-corrected chi connectivity index (χ4v) is 3.50. The van der Waals surface area contributed by atoms with E-state index in [4.69, 9.17) is 4.74 Å². The van der Waals surface area contributed by atoms with Crippen molar-refractivity contribution < 1.29 is 14.3 Å². The van der Waals surface area contributed by atoms with Crippen molar-refractivity contribution >= 4 is 11.8 Å². The molecular weight excluding hydrogens is 304 g/mol. The van der Waals surface area contributed by atoms with Gasteiger partial charge in [0.1, 0.15) is 17.9 Å². The molecule has 1 aromatic carbocycles. The molecule has 2 amide bonds. The first-order valence-electron chi connectivity index (χ1n) is 8.89. The molecule has 24 heavy (non-hydrogen) atoms. The molecule has 1 aromatic rings. The van der Waals surface area contributed by atoms with Gasteiger partial charge >= 0.3 is 0 Å². The third kappa shape index (κ3) is 3.55. The Bertz CT molecular complexity index is 589. The number of rotatable bonds is 4. The molecule has 1 saturated heterocycles. The number of amides is 2. The predicted octanol–water partition coefficient (Wildman–Crippen LogP) is 2.14. The highest BCUT2D eigenvalue weighted by Crippen LogP contribution is 2.28. The lowest BCUT2D eigenvalue weighted by atomic mass is 9.99. The highest BCUT2D eigenvalue weighted by Gasteiger charge is 2.33. The number of benzene rings is 1. The van der Waals surface area contributed by atoms with Gasteiger partial charge in [-0.1, -0.05) is 32.0 Å². The topological polar surface area (TPSA) is 58.6 Å². The number of ether oxygens (including phenoxy) is 1. The Labute approximate surface area is 143 Å². The van der Waals surface area contributed by atoms with Gasteiger partial charge in [-0.2, -0.15) is 0 Å². The number of hydrogen-bond donors (Lipinski definition) is 1. The van der Waals surface area contributed by atoms with Crippen molar-refractivity contribution in [2.75, 3.05) is 13.1 Å². The standard InChI is InChI=1S/C19H26N2O3/c1-13(2)19(23)21-10-6-5-8-16(21)18(22)20-12-15-11-14-7-3-4-9-17(14)24-15/h3-4,7,9,13,15-16H,5-6,8,10-12H2,1-2H3,(H,20,22)/t15-,16-/m1/s1. The summed E-state index contributed by atoms with van der Waals surface area (Å²) >= 11 is 0. The van der Waals surface area contributed by atoms with E-state index in [1.165, 1.54) is 5.56 Å². The molecule has 0 aromatic heterocycles. The lowest BCUT2D eigenvalue weighted by Gasteiger charge is -2.36. The highest BCUT2D eigenvalue weighted by molar-refractivity contribution is 5.88. The van der Waals surface area contributed by atoms with Crippen LogP contribution in [0.15, 0.2) is 24.3 Å². The molecule has 130 valence electrons. The van der Waals surface area contributed by atoms with Gasteiger partial charge in [-0.25, -0.2) is 0 Å². The molecule has 2 atom stereocenters. The van der Waals surface area contributed by atoms with E-state index >= 15 is 0 Å². The molecule has 2 aliphatic rings. The van der Waals surface area contributed by atoms with E-state index in [0.29, 0.717) is 13.1 Å². The van der Waals surface area contributed by atoms with Gasteiger partial charge < -0.3 is 15.0 Å². The summed E-state index contributed by atoms with van der Waals surface area (Å²) in [7, 11) is 0. The first-order chi connectivity index (χ1) is 11.6. The van der Waals surface area contributed by atoms with Crippen LogP contribution in [0.3, 0.4) is 0 Å². The van der Waals surface area contributed by atoms with E-state index in [9.17, 15) is 9.59 Å². The molecule has 0 saturated carbocycles. The van der Waals surface area contributed by atoms with Gasteiger partial charge in [-0.3, -0.25) is 9.59 Å². The maximum Gasteiger partial charge on any atom is 0.242 e. The first kappa shape index (κ1) is 16.8. The number of carbonyl (C=O) groups excluding carboxylic acids is 2. The number of fused-ring (bicyclic) bond motifs is 1. The van der Waals surface area contributed by atoms with E-state index in [1.807, 2.05) is 32.0 Å². The predicted molar refractivity (Wildman–Crippen MR) is 91.8 cm³/mol. The van der Waals surface area contributed by atoms with Crippen molar-refractivity contribution in [3.05, 3.63) is 29.8 Å². The van der Waals surface area contributed by atoms with Crippen LogP contribution in [-0.4, -0.2) is 41.9 Å². The summed E-state index contributed by atoms with van der Waals surface area (Å²) in [4.78, 5) is 26.7. The van der Waals surface area contributed by atoms with E-state index in [-0.39, 0.29) is 29.9 Å². The van der Waals surface area contributed by atoms with E-state index in [0.717, 1.165) is 31.4 Å². The van der Waals surface area contributed by atoms with Crippen molar-refractivity contribution in [1.29, 1.82) is 0 Å². The smallest absolute Gasteiger partial charge is 0.242 e. The average molecular weight is 330 g/mol. The van der Waals surface area contributed by atoms with Crippen molar-refractivity contribution in [3.63, 3.8) is 0 Å². The van der Waals surface area contributed by atoms with E-state index in [1.54, 1.807) is 4.90 Å². The van der Waals surface area contributed by atoms with Gasteiger partial charge in [-0.05, 0) is 30.9 Å². The van der Waals surface area contributed by atoms with Crippen LogP contribution in [0.4, 0.5) is 0 Å². The monoisotopic (exact) mass is 330 g/mol. The molecule has 0 radical (unpaired) electrons. The summed E-state index contributed by atoms with van der Waals surface area (Å²) in [5.41, 5.74) is 1.19. The summed E-state index contributed by atoms with van der Waals surface area (Å²) in [5, 5.41) is 3.00. The Morgan fingerprint density at radius 1 is 1.29 bits per heavy atom. The third-order valence-corrected chi connectivity index (χ3v) is 4.80. The molecule has 5 heteroatoms. The van der Waals surface area contributed by atoms with Gasteiger partial charge in [0.15, 0.2) is 0 Å². The summed E-state index contributed by atoms with van der Waals surface area (Å²) in [6.07, 6.45) is 3.50. The normalized spacial score (nSPS) is 22.9. The lowest BCUT2D eigenvalue weighted by molar-refractivity contribution is -0.144. The van der Waals surface area contributed by atoms with Crippen LogP contribution in [0.25, 0.3) is 0 Å². The minimum atomic E-state index is -0.336. The number of nitrogens with zero attached hydrogens (tertiary/aromatic N) is 1. The highest BCUT2D eigenvalue weighted by atomic mass is 16.5. The molecule has 2 heterocycles. The molecule has 2 aliphatic heterocycles. The van der Waals surface area contributed by atoms with Crippen LogP contribution in [-0.2, 0) is 16.0 Å². The second-order valence-corrected chi connectivity index (χ2v) is 6.99. The zero-order valence-electron chi connectivity index (χ0n) is 14.5. The number of likely N-dealkylation sites (tertiary alicyclic amines) is 1. The van der Waals surface area contributed by atoms with Gasteiger partial charge in [0.25, 0.3) is 0 Å². The largest absolute Gasteiger partial charge is 0.488 e. The van der Waals surface area contributed by atoms with Crippen LogP contribution < -0.4 is 10.1 Å². The van der Waals surface area contributed by atoms with Crippen molar-refractivity contribution in [3.8, 4) is 5.75 Å². The summed E-state index contributed by atoms with van der Waals surface area (Å²) < 4.78 is 5.86. The Morgan fingerprint density at radius 2 is 2.08 bits per heavy atom. The molecule has 3 rings (SSSR count). The second-order valence-electron chi connectivity index (χ2n) is 6.99. The number of nitrogens with one attached hydrogen (secondary N) is 1. The Morgan fingerprint density at radius 3 is 2.83 bits per heavy atom. The zero-order valence-corrected chi connectivity index (χ0v) is 14.5. The molecular formula is C19H26N2O3. The molecule has 0 unspecified atom stereocenters. The maximum absolute atomic E-state index is 12.6. The SMILES string of the molecule is CC(C)C(=O)N1CCCC[C@@H]1C(=O)NC[C@H]1Cc2ccccc2O1. The van der Waals surface area contributed by atoms with Gasteiger partial charge in [0, 0.05) is 18.9 Å². The Hall–Kier alpha value is -2.04. The van der Waals surface area contributed by atoms with Crippen LogP contribution in [0.2, 0.25) is 0 Å².